The van der Waals surface area contributed by atoms with E-state index in [1.807, 2.05) is 32.0 Å². The summed E-state index contributed by atoms with van der Waals surface area (Å²) in [6.07, 6.45) is 1.61. The molecule has 2 amide bonds. The molecule has 0 saturated carbocycles. The number of benzene rings is 2. The third-order valence-electron chi connectivity index (χ3n) is 4.97. The molecule has 174 valence electrons. The summed E-state index contributed by atoms with van der Waals surface area (Å²) < 4.78 is 13.0. The number of nitrogens with one attached hydrogen (secondary N) is 2. The van der Waals surface area contributed by atoms with Crippen LogP contribution in [-0.2, 0) is 13.2 Å². The summed E-state index contributed by atoms with van der Waals surface area (Å²) in [4.78, 5) is 25.6. The summed E-state index contributed by atoms with van der Waals surface area (Å²) in [5, 5.41) is 10.4. The molecule has 0 aliphatic rings. The molecular weight excluding hydrogens is 456 g/mol. The molecule has 0 unspecified atom stereocenters. The van der Waals surface area contributed by atoms with Crippen molar-refractivity contribution in [3.63, 3.8) is 0 Å². The van der Waals surface area contributed by atoms with E-state index in [1.165, 1.54) is 0 Å². The average molecular weight is 479 g/mol. The largest absolute Gasteiger partial charge is 0.485 e. The Labute approximate surface area is 201 Å². The molecule has 2 heterocycles. The molecule has 0 atom stereocenters. The number of ether oxygens (including phenoxy) is 1. The summed E-state index contributed by atoms with van der Waals surface area (Å²) in [7, 11) is 0. The number of nitrogens with zero attached hydrogens (tertiary/aromatic N) is 2. The number of carbonyl (C=O) groups excluding carboxylic acids is 2. The summed E-state index contributed by atoms with van der Waals surface area (Å²) in [6.45, 7) is 4.46. The van der Waals surface area contributed by atoms with Crippen molar-refractivity contribution < 1.29 is 18.7 Å². The molecular formula is C25H23ClN4O4. The van der Waals surface area contributed by atoms with E-state index in [1.54, 1.807) is 53.3 Å². The van der Waals surface area contributed by atoms with Crippen molar-refractivity contribution in [3.8, 4) is 5.75 Å². The van der Waals surface area contributed by atoms with Gasteiger partial charge in [0.05, 0.1) is 5.69 Å². The van der Waals surface area contributed by atoms with Crippen LogP contribution in [0.5, 0.6) is 5.75 Å². The average Bonchev–Trinajstić information content (AvgIpc) is 3.46. The van der Waals surface area contributed by atoms with Crippen LogP contribution in [0.1, 0.15) is 39.3 Å². The highest BCUT2D eigenvalue weighted by atomic mass is 35.5. The van der Waals surface area contributed by atoms with Crippen LogP contribution < -0.4 is 15.4 Å². The second-order valence-corrected chi connectivity index (χ2v) is 7.92. The highest BCUT2D eigenvalue weighted by molar-refractivity contribution is 6.30. The number of carbonyl (C=O) groups is 2. The third kappa shape index (κ3) is 5.47. The molecule has 2 aromatic carbocycles. The summed E-state index contributed by atoms with van der Waals surface area (Å²) in [6, 6.07) is 17.6. The first-order chi connectivity index (χ1) is 16.4. The first kappa shape index (κ1) is 23.1. The molecule has 0 saturated heterocycles. The highest BCUT2D eigenvalue weighted by Gasteiger charge is 2.21. The zero-order chi connectivity index (χ0) is 24.1. The van der Waals surface area contributed by atoms with Crippen molar-refractivity contribution in [3.05, 3.63) is 94.7 Å². The van der Waals surface area contributed by atoms with Gasteiger partial charge < -0.3 is 19.8 Å². The van der Waals surface area contributed by atoms with Crippen LogP contribution >= 0.6 is 11.6 Å². The van der Waals surface area contributed by atoms with E-state index < -0.39 is 11.8 Å². The first-order valence-corrected chi connectivity index (χ1v) is 11.0. The van der Waals surface area contributed by atoms with Crippen molar-refractivity contribution in [1.82, 2.24) is 9.78 Å². The lowest BCUT2D eigenvalue weighted by Gasteiger charge is -2.08. The molecule has 4 rings (SSSR count). The lowest BCUT2D eigenvalue weighted by atomic mass is 10.2. The van der Waals surface area contributed by atoms with Gasteiger partial charge in [-0.2, -0.15) is 5.10 Å². The smallest absolute Gasteiger partial charge is 0.291 e. The highest BCUT2D eigenvalue weighted by Crippen LogP contribution is 2.23. The number of amides is 2. The van der Waals surface area contributed by atoms with Crippen molar-refractivity contribution in [2.45, 2.75) is 27.0 Å². The Kier molecular flexibility index (Phi) is 6.98. The van der Waals surface area contributed by atoms with Gasteiger partial charge in [0.25, 0.3) is 11.8 Å². The molecule has 9 heteroatoms. The molecule has 0 spiro atoms. The molecule has 2 N–H and O–H groups in total. The quantitative estimate of drug-likeness (QED) is 0.346. The molecule has 0 aliphatic heterocycles. The Bertz CT molecular complexity index is 1310. The zero-order valence-electron chi connectivity index (χ0n) is 18.7. The number of rotatable bonds is 8. The van der Waals surface area contributed by atoms with Gasteiger partial charge in [-0.25, -0.2) is 0 Å². The Balaban J connectivity index is 1.44. The zero-order valence-corrected chi connectivity index (χ0v) is 19.4. The van der Waals surface area contributed by atoms with Crippen molar-refractivity contribution in [2.75, 3.05) is 10.6 Å². The Morgan fingerprint density at radius 3 is 2.59 bits per heavy atom. The Hall–Kier alpha value is -4.04. The molecule has 34 heavy (non-hydrogen) atoms. The number of hydrogen-bond donors (Lipinski definition) is 2. The molecule has 0 bridgehead atoms. The molecule has 0 aliphatic carbocycles. The van der Waals surface area contributed by atoms with Gasteiger partial charge >= 0.3 is 0 Å². The van der Waals surface area contributed by atoms with Gasteiger partial charge in [-0.05, 0) is 61.9 Å². The van der Waals surface area contributed by atoms with Crippen LogP contribution in [-0.4, -0.2) is 21.6 Å². The standard InChI is InChI=1S/C25H23ClN4O4/c1-3-30-14-20(23(29-30)25(32)27-18-7-5-4-6-8-18)28-24(31)22-12-10-19(34-22)15-33-21-11-9-17(26)13-16(21)2/h4-14H,3,15H2,1-2H3,(H,27,32)(H,28,31). The van der Waals surface area contributed by atoms with E-state index in [4.69, 9.17) is 20.8 Å². The molecule has 4 aromatic rings. The minimum absolute atomic E-state index is 0.0881. The number of aromatic nitrogens is 2. The number of aryl methyl sites for hydroxylation is 2. The number of halogens is 1. The topological polar surface area (TPSA) is 98.4 Å². The second-order valence-electron chi connectivity index (χ2n) is 7.49. The SMILES string of the molecule is CCn1cc(NC(=O)c2ccc(COc3ccc(Cl)cc3C)o2)c(C(=O)Nc2ccccc2)n1. The van der Waals surface area contributed by atoms with Crippen LogP contribution in [0.15, 0.2) is 71.3 Å². The van der Waals surface area contributed by atoms with E-state index >= 15 is 0 Å². The van der Waals surface area contributed by atoms with Gasteiger partial charge in [0.15, 0.2) is 11.5 Å². The normalized spacial score (nSPS) is 10.7. The summed E-state index contributed by atoms with van der Waals surface area (Å²) >= 11 is 5.97. The number of anilines is 2. The van der Waals surface area contributed by atoms with Gasteiger partial charge in [0.2, 0.25) is 0 Å². The van der Waals surface area contributed by atoms with Crippen LogP contribution in [0.2, 0.25) is 5.02 Å². The fraction of sp³-hybridized carbons (Fsp3) is 0.160. The van der Waals surface area contributed by atoms with Crippen LogP contribution in [0, 0.1) is 6.92 Å². The fourth-order valence-electron chi connectivity index (χ4n) is 3.24. The van der Waals surface area contributed by atoms with Gasteiger partial charge in [-0.1, -0.05) is 29.8 Å². The third-order valence-corrected chi connectivity index (χ3v) is 5.21. The Morgan fingerprint density at radius 2 is 1.85 bits per heavy atom. The number of hydrogen-bond acceptors (Lipinski definition) is 5. The van der Waals surface area contributed by atoms with Gasteiger partial charge in [0, 0.05) is 23.5 Å². The predicted octanol–water partition coefficient (Wildman–Crippen LogP) is 5.54. The monoisotopic (exact) mass is 478 g/mol. The van der Waals surface area contributed by atoms with Crippen LogP contribution in [0.3, 0.4) is 0 Å². The van der Waals surface area contributed by atoms with Gasteiger partial charge in [-0.3, -0.25) is 14.3 Å². The maximum absolute atomic E-state index is 12.8. The van der Waals surface area contributed by atoms with Crippen LogP contribution in [0.4, 0.5) is 11.4 Å². The maximum Gasteiger partial charge on any atom is 0.291 e. The lowest BCUT2D eigenvalue weighted by molar-refractivity contribution is 0.0992. The number of para-hydroxylation sites is 1. The number of furan rings is 1. The minimum Gasteiger partial charge on any atom is -0.485 e. The summed E-state index contributed by atoms with van der Waals surface area (Å²) in [5.41, 5.74) is 1.91. The fourth-order valence-corrected chi connectivity index (χ4v) is 3.47. The lowest BCUT2D eigenvalue weighted by Crippen LogP contribution is -2.17. The summed E-state index contributed by atoms with van der Waals surface area (Å²) in [5.74, 6) is 0.308. The van der Waals surface area contributed by atoms with E-state index in [2.05, 4.69) is 15.7 Å². The van der Waals surface area contributed by atoms with Gasteiger partial charge in [-0.15, -0.1) is 0 Å². The van der Waals surface area contributed by atoms with Crippen LogP contribution in [0.25, 0.3) is 0 Å². The van der Waals surface area contributed by atoms with Crippen molar-refractivity contribution in [2.24, 2.45) is 0 Å². The second kappa shape index (κ2) is 10.3. The molecule has 8 nitrogen and oxygen atoms in total. The van der Waals surface area contributed by atoms with E-state index in [9.17, 15) is 9.59 Å². The van der Waals surface area contributed by atoms with E-state index in [0.717, 1.165) is 5.56 Å². The molecule has 2 aromatic heterocycles. The molecule has 0 radical (unpaired) electrons. The van der Waals surface area contributed by atoms with E-state index in [-0.39, 0.29) is 23.7 Å². The van der Waals surface area contributed by atoms with E-state index in [0.29, 0.717) is 28.8 Å². The van der Waals surface area contributed by atoms with Crippen molar-refractivity contribution >= 4 is 34.8 Å². The molecule has 0 fully saturated rings. The van der Waals surface area contributed by atoms with Crippen molar-refractivity contribution in [1.29, 1.82) is 0 Å². The maximum atomic E-state index is 12.8. The predicted molar refractivity (Wildman–Crippen MR) is 129 cm³/mol. The Morgan fingerprint density at radius 1 is 1.06 bits per heavy atom. The first-order valence-electron chi connectivity index (χ1n) is 10.7. The van der Waals surface area contributed by atoms with Gasteiger partial charge in [0.1, 0.15) is 18.1 Å². The minimum atomic E-state index is -0.502.